The van der Waals surface area contributed by atoms with Crippen molar-refractivity contribution < 1.29 is 4.79 Å². The van der Waals surface area contributed by atoms with Crippen LogP contribution in [-0.4, -0.2) is 34.4 Å². The molecule has 2 saturated carbocycles. The zero-order valence-corrected chi connectivity index (χ0v) is 14.4. The van der Waals surface area contributed by atoms with Crippen molar-refractivity contribution in [2.45, 2.75) is 65.0 Å². The van der Waals surface area contributed by atoms with E-state index in [-0.39, 0.29) is 11.3 Å². The zero-order chi connectivity index (χ0) is 16.2. The molecule has 1 aromatic rings. The molecule has 0 aromatic carbocycles. The van der Waals surface area contributed by atoms with E-state index in [2.05, 4.69) is 36.0 Å². The monoisotopic (exact) mass is 313 g/mol. The average Bonchev–Trinajstić information content (AvgIpc) is 3.22. The molecule has 23 heavy (non-hydrogen) atoms. The van der Waals surface area contributed by atoms with E-state index in [0.717, 1.165) is 25.2 Å². The molecule has 4 heteroatoms. The molecular weight excluding hydrogens is 286 g/mol. The lowest BCUT2D eigenvalue weighted by Gasteiger charge is -2.39. The van der Waals surface area contributed by atoms with Gasteiger partial charge in [0.2, 0.25) is 0 Å². The molecule has 1 N–H and O–H groups in total. The molecule has 2 bridgehead atoms. The van der Waals surface area contributed by atoms with Crippen LogP contribution in [-0.2, 0) is 0 Å². The minimum Gasteiger partial charge on any atom is -0.367 e. The van der Waals surface area contributed by atoms with E-state index in [1.165, 1.54) is 19.3 Å². The van der Waals surface area contributed by atoms with Gasteiger partial charge in [-0.3, -0.25) is 4.79 Å². The summed E-state index contributed by atoms with van der Waals surface area (Å²) < 4.78 is 0. The summed E-state index contributed by atoms with van der Waals surface area (Å²) >= 11 is 0. The number of pyridine rings is 1. The Hall–Kier alpha value is -1.58. The van der Waals surface area contributed by atoms with E-state index in [0.29, 0.717) is 23.2 Å². The molecule has 1 amide bonds. The fourth-order valence-electron chi connectivity index (χ4n) is 4.92. The highest BCUT2D eigenvalue weighted by atomic mass is 16.2. The molecule has 1 aromatic heterocycles. The van der Waals surface area contributed by atoms with Gasteiger partial charge < -0.3 is 10.2 Å². The Bertz CT molecular complexity index is 637. The topological polar surface area (TPSA) is 45.2 Å². The number of likely N-dealkylation sites (tertiary alicyclic amines) is 1. The molecule has 0 radical (unpaired) electrons. The van der Waals surface area contributed by atoms with Gasteiger partial charge in [-0.1, -0.05) is 26.8 Å². The SMILES string of the molecule is CC1(C)CC2CC(C)(CN2C(=O)c2cccc(NC3CC3)n2)C1. The summed E-state index contributed by atoms with van der Waals surface area (Å²) in [7, 11) is 0. The van der Waals surface area contributed by atoms with Gasteiger partial charge in [0.15, 0.2) is 0 Å². The first-order valence-corrected chi connectivity index (χ1v) is 8.88. The minimum absolute atomic E-state index is 0.107. The Balaban J connectivity index is 1.55. The number of nitrogens with zero attached hydrogens (tertiary/aromatic N) is 2. The second kappa shape index (κ2) is 4.96. The van der Waals surface area contributed by atoms with Crippen molar-refractivity contribution >= 4 is 11.7 Å². The van der Waals surface area contributed by atoms with Crippen LogP contribution in [0.2, 0.25) is 0 Å². The first-order chi connectivity index (χ1) is 10.8. The van der Waals surface area contributed by atoms with Crippen molar-refractivity contribution in [2.75, 3.05) is 11.9 Å². The number of nitrogens with one attached hydrogen (secondary N) is 1. The van der Waals surface area contributed by atoms with E-state index in [4.69, 9.17) is 0 Å². The Morgan fingerprint density at radius 2 is 2.04 bits per heavy atom. The van der Waals surface area contributed by atoms with Crippen molar-refractivity contribution in [3.8, 4) is 0 Å². The largest absolute Gasteiger partial charge is 0.367 e. The van der Waals surface area contributed by atoms with Crippen LogP contribution in [0.1, 0.15) is 63.4 Å². The maximum atomic E-state index is 13.0. The van der Waals surface area contributed by atoms with Crippen molar-refractivity contribution in [3.05, 3.63) is 23.9 Å². The van der Waals surface area contributed by atoms with E-state index >= 15 is 0 Å². The van der Waals surface area contributed by atoms with Crippen LogP contribution >= 0.6 is 0 Å². The Labute approximate surface area is 138 Å². The number of hydrogen-bond donors (Lipinski definition) is 1. The van der Waals surface area contributed by atoms with Gasteiger partial charge in [-0.25, -0.2) is 4.98 Å². The molecule has 124 valence electrons. The quantitative estimate of drug-likeness (QED) is 0.925. The average molecular weight is 313 g/mol. The first-order valence-electron chi connectivity index (χ1n) is 8.88. The molecule has 3 fully saturated rings. The smallest absolute Gasteiger partial charge is 0.272 e. The van der Waals surface area contributed by atoms with Gasteiger partial charge in [-0.15, -0.1) is 0 Å². The maximum absolute atomic E-state index is 13.0. The first kappa shape index (κ1) is 15.0. The van der Waals surface area contributed by atoms with Crippen LogP contribution < -0.4 is 5.32 Å². The highest BCUT2D eigenvalue weighted by Crippen LogP contribution is 2.52. The summed E-state index contributed by atoms with van der Waals surface area (Å²) in [6, 6.07) is 6.69. The maximum Gasteiger partial charge on any atom is 0.272 e. The summed E-state index contributed by atoms with van der Waals surface area (Å²) in [5, 5.41) is 3.39. The zero-order valence-electron chi connectivity index (χ0n) is 14.4. The molecule has 1 saturated heterocycles. The number of fused-ring (bicyclic) bond motifs is 2. The van der Waals surface area contributed by atoms with Gasteiger partial charge in [-0.2, -0.15) is 0 Å². The third-order valence-electron chi connectivity index (χ3n) is 5.57. The normalized spacial score (nSPS) is 32.0. The van der Waals surface area contributed by atoms with Gasteiger partial charge >= 0.3 is 0 Å². The molecule has 2 aliphatic carbocycles. The highest BCUT2D eigenvalue weighted by molar-refractivity contribution is 5.93. The van der Waals surface area contributed by atoms with Crippen molar-refractivity contribution in [1.29, 1.82) is 0 Å². The molecule has 4 rings (SSSR count). The lowest BCUT2D eigenvalue weighted by Crippen LogP contribution is -2.38. The summed E-state index contributed by atoms with van der Waals surface area (Å²) in [5.74, 6) is 0.947. The lowest BCUT2D eigenvalue weighted by molar-refractivity contribution is 0.0702. The third-order valence-corrected chi connectivity index (χ3v) is 5.57. The fourth-order valence-corrected chi connectivity index (χ4v) is 4.92. The van der Waals surface area contributed by atoms with Crippen LogP contribution in [0.5, 0.6) is 0 Å². The molecule has 1 aliphatic heterocycles. The number of amides is 1. The van der Waals surface area contributed by atoms with Crippen LogP contribution in [0.25, 0.3) is 0 Å². The molecule has 2 heterocycles. The number of anilines is 1. The third kappa shape index (κ3) is 2.96. The highest BCUT2D eigenvalue weighted by Gasteiger charge is 2.51. The molecule has 2 unspecified atom stereocenters. The Kier molecular flexibility index (Phi) is 3.23. The van der Waals surface area contributed by atoms with Crippen LogP contribution in [0.3, 0.4) is 0 Å². The predicted octanol–water partition coefficient (Wildman–Crippen LogP) is 3.70. The van der Waals surface area contributed by atoms with Gasteiger partial charge in [-0.05, 0) is 55.1 Å². The summed E-state index contributed by atoms with van der Waals surface area (Å²) in [6.07, 6.45) is 5.87. The molecule has 2 atom stereocenters. The van der Waals surface area contributed by atoms with Crippen LogP contribution in [0.4, 0.5) is 5.82 Å². The lowest BCUT2D eigenvalue weighted by atomic mass is 9.65. The summed E-state index contributed by atoms with van der Waals surface area (Å²) in [4.78, 5) is 19.7. The Morgan fingerprint density at radius 3 is 2.78 bits per heavy atom. The van der Waals surface area contributed by atoms with Gasteiger partial charge in [0.1, 0.15) is 11.5 Å². The van der Waals surface area contributed by atoms with Gasteiger partial charge in [0.25, 0.3) is 5.91 Å². The number of carbonyl (C=O) groups is 1. The molecular formula is C19H27N3O. The Morgan fingerprint density at radius 1 is 1.26 bits per heavy atom. The van der Waals surface area contributed by atoms with E-state index in [1.807, 2.05) is 18.2 Å². The predicted molar refractivity (Wildman–Crippen MR) is 91.4 cm³/mol. The molecule has 0 spiro atoms. The van der Waals surface area contributed by atoms with E-state index < -0.39 is 0 Å². The van der Waals surface area contributed by atoms with Gasteiger partial charge in [0, 0.05) is 18.6 Å². The number of rotatable bonds is 3. The van der Waals surface area contributed by atoms with Crippen LogP contribution in [0, 0.1) is 10.8 Å². The number of aromatic nitrogens is 1. The standard InChI is InChI=1S/C19H27N3O/c1-18(2)9-14-10-19(3,11-18)12-22(14)17(23)15-5-4-6-16(21-15)20-13-7-8-13/h4-6,13-14H,7-12H2,1-3H3,(H,20,21). The van der Waals surface area contributed by atoms with Crippen molar-refractivity contribution in [3.63, 3.8) is 0 Å². The van der Waals surface area contributed by atoms with Crippen molar-refractivity contribution in [2.24, 2.45) is 10.8 Å². The summed E-state index contributed by atoms with van der Waals surface area (Å²) in [5.41, 5.74) is 1.19. The van der Waals surface area contributed by atoms with E-state index in [1.54, 1.807) is 0 Å². The summed E-state index contributed by atoms with van der Waals surface area (Å²) in [6.45, 7) is 7.89. The van der Waals surface area contributed by atoms with Gasteiger partial charge in [0.05, 0.1) is 0 Å². The number of carbonyl (C=O) groups excluding carboxylic acids is 1. The molecule has 3 aliphatic rings. The van der Waals surface area contributed by atoms with E-state index in [9.17, 15) is 4.79 Å². The van der Waals surface area contributed by atoms with Crippen molar-refractivity contribution in [1.82, 2.24) is 9.88 Å². The fraction of sp³-hybridized carbons (Fsp3) is 0.684. The second-order valence-electron chi connectivity index (χ2n) is 8.97. The minimum atomic E-state index is 0.107. The number of hydrogen-bond acceptors (Lipinski definition) is 3. The van der Waals surface area contributed by atoms with Crippen LogP contribution in [0.15, 0.2) is 18.2 Å². The second-order valence-corrected chi connectivity index (χ2v) is 8.97. The molecule has 4 nitrogen and oxygen atoms in total.